The highest BCUT2D eigenvalue weighted by atomic mass is 16.1. The van der Waals surface area contributed by atoms with Crippen LogP contribution in [0.2, 0.25) is 0 Å². The van der Waals surface area contributed by atoms with Crippen LogP contribution in [0.1, 0.15) is 45.4 Å². The number of amides is 1. The number of hydrogen-bond acceptors (Lipinski definition) is 3. The largest absolute Gasteiger partial charge is 0.369 e. The van der Waals surface area contributed by atoms with Gasteiger partial charge >= 0.3 is 0 Å². The molecule has 104 valence electrons. The van der Waals surface area contributed by atoms with Crippen molar-refractivity contribution in [2.24, 2.45) is 11.7 Å². The Bertz CT molecular complexity index is 274. The Labute approximate surface area is 110 Å². The summed E-state index contributed by atoms with van der Waals surface area (Å²) in [7, 11) is 0. The van der Waals surface area contributed by atoms with E-state index in [1.54, 1.807) is 0 Å². The molecule has 18 heavy (non-hydrogen) atoms. The number of likely N-dealkylation sites (tertiary alicyclic amines) is 1. The third-order valence-corrected chi connectivity index (χ3v) is 4.37. The van der Waals surface area contributed by atoms with E-state index in [0.29, 0.717) is 12.6 Å². The zero-order valence-electron chi connectivity index (χ0n) is 11.5. The van der Waals surface area contributed by atoms with Gasteiger partial charge in [0.1, 0.15) is 0 Å². The van der Waals surface area contributed by atoms with Gasteiger partial charge in [-0.05, 0) is 31.6 Å². The maximum atomic E-state index is 10.9. The van der Waals surface area contributed by atoms with Gasteiger partial charge in [0.2, 0.25) is 5.91 Å². The maximum Gasteiger partial charge on any atom is 0.231 e. The van der Waals surface area contributed by atoms with E-state index in [2.05, 4.69) is 17.1 Å². The molecule has 4 heteroatoms. The Morgan fingerprint density at radius 2 is 1.94 bits per heavy atom. The number of nitrogens with zero attached hydrogens (tertiary/aromatic N) is 1. The van der Waals surface area contributed by atoms with E-state index in [9.17, 15) is 4.79 Å². The van der Waals surface area contributed by atoms with E-state index in [4.69, 9.17) is 5.73 Å². The molecule has 0 aromatic carbocycles. The van der Waals surface area contributed by atoms with Crippen LogP contribution < -0.4 is 11.1 Å². The first-order chi connectivity index (χ1) is 8.63. The van der Waals surface area contributed by atoms with Crippen molar-refractivity contribution in [2.75, 3.05) is 19.6 Å². The summed E-state index contributed by atoms with van der Waals surface area (Å²) in [5.74, 6) is 0.675. The Morgan fingerprint density at radius 1 is 1.22 bits per heavy atom. The Hall–Kier alpha value is -0.610. The molecule has 2 unspecified atom stereocenters. The minimum atomic E-state index is -0.206. The predicted molar refractivity (Wildman–Crippen MR) is 73.2 cm³/mol. The van der Waals surface area contributed by atoms with Crippen LogP contribution in [0.4, 0.5) is 0 Å². The summed E-state index contributed by atoms with van der Waals surface area (Å²) in [6, 6.07) is 1.37. The number of nitrogens with two attached hydrogens (primary N) is 1. The van der Waals surface area contributed by atoms with Crippen molar-refractivity contribution < 1.29 is 4.79 Å². The summed E-state index contributed by atoms with van der Waals surface area (Å²) in [6.45, 7) is 4.79. The second-order valence-corrected chi connectivity index (χ2v) is 6.15. The quantitative estimate of drug-likeness (QED) is 0.789. The molecule has 1 saturated carbocycles. The molecule has 1 aliphatic carbocycles. The molecule has 3 N–H and O–H groups in total. The number of primary amides is 1. The van der Waals surface area contributed by atoms with Crippen LogP contribution in [0.3, 0.4) is 0 Å². The first kappa shape index (κ1) is 13.8. The summed E-state index contributed by atoms with van der Waals surface area (Å²) in [5.41, 5.74) is 5.23. The predicted octanol–water partition coefficient (Wildman–Crippen LogP) is 1.10. The molecule has 2 aliphatic rings. The lowest BCUT2D eigenvalue weighted by atomic mass is 9.86. The number of nitrogens with one attached hydrogen (secondary N) is 1. The average Bonchev–Trinajstić information content (AvgIpc) is 2.31. The summed E-state index contributed by atoms with van der Waals surface area (Å²) in [4.78, 5) is 13.0. The van der Waals surface area contributed by atoms with Gasteiger partial charge < -0.3 is 11.1 Å². The second kappa shape index (κ2) is 6.53. The molecular formula is C14H27N3O. The number of rotatable bonds is 4. The van der Waals surface area contributed by atoms with Gasteiger partial charge in [0.05, 0.1) is 6.54 Å². The number of hydrogen-bond donors (Lipinski definition) is 2. The van der Waals surface area contributed by atoms with Gasteiger partial charge in [0.25, 0.3) is 0 Å². The zero-order chi connectivity index (χ0) is 13.0. The number of piperidine rings is 1. The number of carbonyl (C=O) groups excluding carboxylic acids is 1. The van der Waals surface area contributed by atoms with Gasteiger partial charge in [-0.15, -0.1) is 0 Å². The fraction of sp³-hybridized carbons (Fsp3) is 0.929. The van der Waals surface area contributed by atoms with Crippen molar-refractivity contribution in [2.45, 2.75) is 57.5 Å². The fourth-order valence-electron chi connectivity index (χ4n) is 3.40. The minimum Gasteiger partial charge on any atom is -0.369 e. The van der Waals surface area contributed by atoms with E-state index >= 15 is 0 Å². The summed E-state index contributed by atoms with van der Waals surface area (Å²) >= 11 is 0. The average molecular weight is 253 g/mol. The molecule has 1 amide bonds. The monoisotopic (exact) mass is 253 g/mol. The van der Waals surface area contributed by atoms with Crippen molar-refractivity contribution in [3.05, 3.63) is 0 Å². The summed E-state index contributed by atoms with van der Waals surface area (Å²) in [6.07, 6.45) is 7.75. The van der Waals surface area contributed by atoms with E-state index in [-0.39, 0.29) is 5.91 Å². The lowest BCUT2D eigenvalue weighted by molar-refractivity contribution is -0.119. The first-order valence-corrected chi connectivity index (χ1v) is 7.40. The van der Waals surface area contributed by atoms with Crippen molar-refractivity contribution in [3.8, 4) is 0 Å². The van der Waals surface area contributed by atoms with Crippen molar-refractivity contribution >= 4 is 5.91 Å². The van der Waals surface area contributed by atoms with Crippen LogP contribution in [0.25, 0.3) is 0 Å². The lowest BCUT2D eigenvalue weighted by Crippen LogP contribution is -2.48. The maximum absolute atomic E-state index is 10.9. The molecule has 1 aliphatic heterocycles. The molecule has 2 rings (SSSR count). The van der Waals surface area contributed by atoms with Gasteiger partial charge in [-0.25, -0.2) is 0 Å². The minimum absolute atomic E-state index is 0.206. The highest BCUT2D eigenvalue weighted by Gasteiger charge is 2.24. The summed E-state index contributed by atoms with van der Waals surface area (Å²) in [5, 5.41) is 3.82. The molecule has 1 saturated heterocycles. The highest BCUT2D eigenvalue weighted by molar-refractivity contribution is 5.75. The van der Waals surface area contributed by atoms with E-state index in [1.165, 1.54) is 25.7 Å². The van der Waals surface area contributed by atoms with Crippen LogP contribution in [-0.2, 0) is 4.79 Å². The van der Waals surface area contributed by atoms with Gasteiger partial charge in [0.15, 0.2) is 0 Å². The van der Waals surface area contributed by atoms with Crippen molar-refractivity contribution in [3.63, 3.8) is 0 Å². The molecule has 0 aromatic rings. The molecule has 0 spiro atoms. The van der Waals surface area contributed by atoms with E-state index in [1.807, 2.05) is 0 Å². The van der Waals surface area contributed by atoms with E-state index < -0.39 is 0 Å². The van der Waals surface area contributed by atoms with Crippen molar-refractivity contribution in [1.29, 1.82) is 0 Å². The van der Waals surface area contributed by atoms with Gasteiger partial charge in [-0.1, -0.05) is 19.8 Å². The third kappa shape index (κ3) is 4.25. The lowest BCUT2D eigenvalue weighted by Gasteiger charge is -2.36. The smallest absolute Gasteiger partial charge is 0.231 e. The molecule has 2 fully saturated rings. The molecule has 0 aromatic heterocycles. The van der Waals surface area contributed by atoms with Crippen LogP contribution in [0.5, 0.6) is 0 Å². The Morgan fingerprint density at radius 3 is 2.56 bits per heavy atom. The van der Waals surface area contributed by atoms with Crippen LogP contribution in [0, 0.1) is 5.92 Å². The molecule has 2 atom stereocenters. The highest BCUT2D eigenvalue weighted by Crippen LogP contribution is 2.24. The summed E-state index contributed by atoms with van der Waals surface area (Å²) < 4.78 is 0. The zero-order valence-corrected chi connectivity index (χ0v) is 11.5. The topological polar surface area (TPSA) is 58.4 Å². The van der Waals surface area contributed by atoms with Gasteiger partial charge in [-0.3, -0.25) is 9.69 Å². The standard InChI is InChI=1S/C14H27N3O/c1-11-3-2-4-13(9-11)16-12-5-7-17(8-6-12)10-14(15)18/h11-13,16H,2-10H2,1H3,(H2,15,18). The van der Waals surface area contributed by atoms with Crippen LogP contribution >= 0.6 is 0 Å². The second-order valence-electron chi connectivity index (χ2n) is 6.15. The SMILES string of the molecule is CC1CCCC(NC2CCN(CC(N)=O)CC2)C1. The van der Waals surface area contributed by atoms with Crippen molar-refractivity contribution in [1.82, 2.24) is 10.2 Å². The molecule has 4 nitrogen and oxygen atoms in total. The third-order valence-electron chi connectivity index (χ3n) is 4.37. The normalized spacial score (nSPS) is 31.4. The van der Waals surface area contributed by atoms with Crippen LogP contribution in [0.15, 0.2) is 0 Å². The van der Waals surface area contributed by atoms with E-state index in [0.717, 1.165) is 37.9 Å². The fourth-order valence-corrected chi connectivity index (χ4v) is 3.40. The van der Waals surface area contributed by atoms with Gasteiger partial charge in [-0.2, -0.15) is 0 Å². The molecule has 0 radical (unpaired) electrons. The molecule has 0 bridgehead atoms. The van der Waals surface area contributed by atoms with Crippen LogP contribution in [-0.4, -0.2) is 42.5 Å². The van der Waals surface area contributed by atoms with Gasteiger partial charge in [0, 0.05) is 25.2 Å². The molecular weight excluding hydrogens is 226 g/mol. The molecule has 1 heterocycles. The Kier molecular flexibility index (Phi) is 5.01. The number of carbonyl (C=O) groups is 1. The Balaban J connectivity index is 1.68. The first-order valence-electron chi connectivity index (χ1n) is 7.40.